The Morgan fingerprint density at radius 3 is 2.61 bits per heavy atom. The maximum absolute atomic E-state index is 13.6. The number of alkyl halides is 3. The van der Waals surface area contributed by atoms with Crippen molar-refractivity contribution in [3.63, 3.8) is 0 Å². The van der Waals surface area contributed by atoms with Gasteiger partial charge in [-0.2, -0.15) is 13.2 Å². The monoisotopic (exact) mass is 445 g/mol. The molecule has 7 nitrogen and oxygen atoms in total. The van der Waals surface area contributed by atoms with Gasteiger partial charge in [0.05, 0.1) is 6.54 Å². The molecule has 11 heteroatoms. The van der Waals surface area contributed by atoms with Crippen LogP contribution in [0.1, 0.15) is 19.2 Å². The summed E-state index contributed by atoms with van der Waals surface area (Å²) in [5, 5.41) is 13.4. The van der Waals surface area contributed by atoms with Crippen LogP contribution in [-0.4, -0.2) is 65.0 Å². The first kappa shape index (κ1) is 24.4. The molecule has 1 heterocycles. The zero-order chi connectivity index (χ0) is 23.1. The first-order chi connectivity index (χ1) is 14.6. The van der Waals surface area contributed by atoms with Crippen LogP contribution >= 0.6 is 0 Å². The third-order valence-electron chi connectivity index (χ3n) is 4.61. The molecule has 2 rings (SSSR count). The summed E-state index contributed by atoms with van der Waals surface area (Å²) in [5.41, 5.74) is -3.13. The number of nitrogens with zero attached hydrogens (tertiary/aromatic N) is 4. The number of aromatic nitrogens is 2. The van der Waals surface area contributed by atoms with Crippen LogP contribution in [0.2, 0.25) is 0 Å². The van der Waals surface area contributed by atoms with Gasteiger partial charge in [-0.25, -0.2) is 9.37 Å². The Kier molecular flexibility index (Phi) is 8.26. The fraction of sp³-hybridized carbons (Fsp3) is 0.500. The van der Waals surface area contributed by atoms with Crippen molar-refractivity contribution in [1.29, 1.82) is 0 Å². The molecule has 0 radical (unpaired) electrons. The molecule has 0 bridgehead atoms. The molecule has 0 aliphatic carbocycles. The molecule has 0 amide bonds. The van der Waals surface area contributed by atoms with Crippen LogP contribution in [0.4, 0.5) is 17.6 Å². The summed E-state index contributed by atoms with van der Waals surface area (Å²) in [4.78, 5) is 9.52. The molecule has 1 aromatic heterocycles. The molecule has 1 aromatic carbocycles. The van der Waals surface area contributed by atoms with E-state index < -0.39 is 29.8 Å². The van der Waals surface area contributed by atoms with Crippen molar-refractivity contribution in [3.05, 3.63) is 48.3 Å². The Hall–Kier alpha value is -2.82. The van der Waals surface area contributed by atoms with Crippen molar-refractivity contribution in [1.82, 2.24) is 19.8 Å². The lowest BCUT2D eigenvalue weighted by Crippen LogP contribution is -2.45. The number of hydrogen-bond donors (Lipinski definition) is 2. The van der Waals surface area contributed by atoms with Gasteiger partial charge in [0.1, 0.15) is 12.4 Å². The Morgan fingerprint density at radius 1 is 1.32 bits per heavy atom. The van der Waals surface area contributed by atoms with Crippen LogP contribution in [0, 0.1) is 5.82 Å². The van der Waals surface area contributed by atoms with E-state index in [4.69, 9.17) is 4.74 Å². The van der Waals surface area contributed by atoms with Crippen molar-refractivity contribution in [2.75, 3.05) is 33.3 Å². The van der Waals surface area contributed by atoms with Gasteiger partial charge in [0, 0.05) is 46.0 Å². The predicted octanol–water partition coefficient (Wildman–Crippen LogP) is 2.68. The van der Waals surface area contributed by atoms with Gasteiger partial charge in [0.15, 0.2) is 17.5 Å². The predicted molar refractivity (Wildman–Crippen MR) is 108 cm³/mol. The Morgan fingerprint density at radius 2 is 2.03 bits per heavy atom. The molecule has 0 spiro atoms. The zero-order valence-corrected chi connectivity index (χ0v) is 17.7. The Balaban J connectivity index is 2.03. The Bertz CT molecular complexity index is 871. The normalized spacial score (nSPS) is 14.3. The lowest BCUT2D eigenvalue weighted by atomic mass is 9.98. The largest absolute Gasteiger partial charge is 0.489 e. The standard InChI is InChI=1S/C20H27F4N5O2/c1-4-25-18(29(3)13-14-31-16-8-6-5-7-15(16)21)27-10-9-19(30,20(22,23)24)17-26-11-12-28(17)2/h5-8,11-12,30H,4,9-10,13-14H2,1-3H3,(H,25,27). The molecule has 0 aliphatic rings. The fourth-order valence-electron chi connectivity index (χ4n) is 2.90. The topological polar surface area (TPSA) is 74.9 Å². The van der Waals surface area contributed by atoms with Crippen molar-refractivity contribution < 1.29 is 27.4 Å². The molecular formula is C20H27F4N5O2. The summed E-state index contributed by atoms with van der Waals surface area (Å²) < 4.78 is 61.0. The number of rotatable bonds is 9. The third kappa shape index (κ3) is 6.09. The second-order valence-corrected chi connectivity index (χ2v) is 6.91. The van der Waals surface area contributed by atoms with Crippen molar-refractivity contribution in [3.8, 4) is 5.75 Å². The van der Waals surface area contributed by atoms with E-state index in [9.17, 15) is 22.7 Å². The number of para-hydroxylation sites is 1. The van der Waals surface area contributed by atoms with E-state index in [1.54, 1.807) is 24.1 Å². The molecule has 0 aliphatic heterocycles. The highest BCUT2D eigenvalue weighted by atomic mass is 19.4. The second kappa shape index (κ2) is 10.5. The SMILES string of the molecule is CCNC(=NCCC(O)(c1nccn1C)C(F)(F)F)N(C)CCOc1ccccc1F. The zero-order valence-electron chi connectivity index (χ0n) is 17.7. The number of ether oxygens (including phenoxy) is 1. The van der Waals surface area contributed by atoms with E-state index in [1.165, 1.54) is 31.6 Å². The third-order valence-corrected chi connectivity index (χ3v) is 4.61. The van der Waals surface area contributed by atoms with E-state index in [1.807, 2.05) is 6.92 Å². The minimum Gasteiger partial charge on any atom is -0.489 e. The Labute approximate surface area is 178 Å². The number of aliphatic imine (C=N–C) groups is 1. The van der Waals surface area contributed by atoms with Gasteiger partial charge in [-0.1, -0.05) is 12.1 Å². The molecule has 1 unspecified atom stereocenters. The lowest BCUT2D eigenvalue weighted by molar-refractivity contribution is -0.272. The van der Waals surface area contributed by atoms with E-state index in [-0.39, 0.29) is 18.9 Å². The number of imidazole rings is 1. The highest BCUT2D eigenvalue weighted by Crippen LogP contribution is 2.40. The number of guanidine groups is 1. The lowest BCUT2D eigenvalue weighted by Gasteiger charge is -2.29. The maximum atomic E-state index is 13.6. The van der Waals surface area contributed by atoms with Crippen molar-refractivity contribution in [2.24, 2.45) is 12.0 Å². The van der Waals surface area contributed by atoms with Gasteiger partial charge in [-0.05, 0) is 19.1 Å². The minimum absolute atomic E-state index is 0.114. The molecule has 0 saturated carbocycles. The van der Waals surface area contributed by atoms with Crippen LogP contribution in [0.25, 0.3) is 0 Å². The summed E-state index contributed by atoms with van der Waals surface area (Å²) in [6.45, 7) is 2.45. The van der Waals surface area contributed by atoms with E-state index in [2.05, 4.69) is 15.3 Å². The van der Waals surface area contributed by atoms with E-state index in [0.29, 0.717) is 19.0 Å². The highest BCUT2D eigenvalue weighted by molar-refractivity contribution is 5.79. The number of hydrogen-bond acceptors (Lipinski definition) is 4. The van der Waals surface area contributed by atoms with Gasteiger partial charge in [0.25, 0.3) is 0 Å². The van der Waals surface area contributed by atoms with Crippen LogP contribution < -0.4 is 10.1 Å². The van der Waals surface area contributed by atoms with Crippen LogP contribution in [-0.2, 0) is 12.6 Å². The van der Waals surface area contributed by atoms with Gasteiger partial charge in [-0.15, -0.1) is 0 Å². The summed E-state index contributed by atoms with van der Waals surface area (Å²) in [6.07, 6.45) is -3.08. The maximum Gasteiger partial charge on any atom is 0.424 e. The van der Waals surface area contributed by atoms with Gasteiger partial charge >= 0.3 is 6.18 Å². The molecular weight excluding hydrogens is 418 g/mol. The molecule has 31 heavy (non-hydrogen) atoms. The van der Waals surface area contributed by atoms with Gasteiger partial charge < -0.3 is 24.6 Å². The number of nitrogens with one attached hydrogen (secondary N) is 1. The number of likely N-dealkylation sites (N-methyl/N-ethyl adjacent to an activating group) is 1. The summed E-state index contributed by atoms with van der Waals surface area (Å²) in [7, 11) is 3.07. The highest BCUT2D eigenvalue weighted by Gasteiger charge is 2.57. The number of halogens is 4. The molecule has 2 N–H and O–H groups in total. The van der Waals surface area contributed by atoms with Crippen LogP contribution in [0.15, 0.2) is 41.7 Å². The quantitative estimate of drug-likeness (QED) is 0.353. The number of aryl methyl sites for hydroxylation is 1. The fourth-order valence-corrected chi connectivity index (χ4v) is 2.90. The first-order valence-corrected chi connectivity index (χ1v) is 9.73. The van der Waals surface area contributed by atoms with Crippen molar-refractivity contribution >= 4 is 5.96 Å². The summed E-state index contributed by atoms with van der Waals surface area (Å²) in [5.74, 6) is -0.523. The van der Waals surface area contributed by atoms with Gasteiger partial charge in [0.2, 0.25) is 5.60 Å². The first-order valence-electron chi connectivity index (χ1n) is 9.73. The van der Waals surface area contributed by atoms with Gasteiger partial charge in [-0.3, -0.25) is 4.99 Å². The number of aliphatic hydroxyl groups is 1. The molecule has 1 atom stereocenters. The average Bonchev–Trinajstić information content (AvgIpc) is 3.14. The molecule has 0 fully saturated rings. The van der Waals surface area contributed by atoms with E-state index >= 15 is 0 Å². The number of benzene rings is 1. The van der Waals surface area contributed by atoms with Crippen molar-refractivity contribution in [2.45, 2.75) is 25.1 Å². The molecule has 172 valence electrons. The molecule has 0 saturated heterocycles. The smallest absolute Gasteiger partial charge is 0.424 e. The second-order valence-electron chi connectivity index (χ2n) is 6.91. The minimum atomic E-state index is -4.92. The summed E-state index contributed by atoms with van der Waals surface area (Å²) >= 11 is 0. The summed E-state index contributed by atoms with van der Waals surface area (Å²) in [6, 6.07) is 5.99. The average molecular weight is 445 g/mol. The van der Waals surface area contributed by atoms with Crippen LogP contribution in [0.3, 0.4) is 0 Å². The van der Waals surface area contributed by atoms with Crippen LogP contribution in [0.5, 0.6) is 5.75 Å². The molecule has 2 aromatic rings. The van der Waals surface area contributed by atoms with E-state index in [0.717, 1.165) is 4.57 Å².